The topological polar surface area (TPSA) is 92.8 Å². The van der Waals surface area contributed by atoms with Crippen LogP contribution >= 0.6 is 11.6 Å². The predicted octanol–water partition coefficient (Wildman–Crippen LogP) is 4.19. The van der Waals surface area contributed by atoms with E-state index in [9.17, 15) is 16.8 Å². The monoisotopic (exact) mass is 534 g/mol. The molecule has 0 amide bonds. The van der Waals surface area contributed by atoms with E-state index in [1.807, 2.05) is 30.3 Å². The van der Waals surface area contributed by atoms with Gasteiger partial charge in [0.15, 0.2) is 0 Å². The van der Waals surface area contributed by atoms with Gasteiger partial charge in [0.25, 0.3) is 0 Å². The van der Waals surface area contributed by atoms with Crippen LogP contribution in [0.15, 0.2) is 88.7 Å². The molecule has 1 aliphatic rings. The quantitative estimate of drug-likeness (QED) is 0.421. The largest absolute Gasteiger partial charge is 0.377 e. The fourth-order valence-electron chi connectivity index (χ4n) is 3.84. The van der Waals surface area contributed by atoms with Crippen LogP contribution in [0.3, 0.4) is 0 Å². The minimum absolute atomic E-state index is 0.00163. The molecule has 1 N–H and O–H groups in total. The molecule has 1 heterocycles. The van der Waals surface area contributed by atoms with Crippen molar-refractivity contribution in [1.29, 1.82) is 0 Å². The van der Waals surface area contributed by atoms with E-state index < -0.39 is 20.0 Å². The number of benzene rings is 3. The Balaban J connectivity index is 1.56. The van der Waals surface area contributed by atoms with Crippen LogP contribution in [0.1, 0.15) is 24.0 Å². The second kappa shape index (κ2) is 11.2. The van der Waals surface area contributed by atoms with E-state index in [1.165, 1.54) is 28.6 Å². The molecule has 10 heteroatoms. The Kier molecular flexibility index (Phi) is 8.26. The van der Waals surface area contributed by atoms with Crippen LogP contribution in [0.2, 0.25) is 5.02 Å². The summed E-state index contributed by atoms with van der Waals surface area (Å²) in [5.41, 5.74) is 1.62. The zero-order valence-electron chi connectivity index (χ0n) is 19.0. The highest BCUT2D eigenvalue weighted by molar-refractivity contribution is 7.89. The van der Waals surface area contributed by atoms with Crippen molar-refractivity contribution < 1.29 is 21.6 Å². The van der Waals surface area contributed by atoms with Gasteiger partial charge < -0.3 is 4.74 Å². The van der Waals surface area contributed by atoms with Gasteiger partial charge in [-0.25, -0.2) is 21.6 Å². The molecule has 1 fully saturated rings. The van der Waals surface area contributed by atoms with Crippen molar-refractivity contribution in [3.05, 3.63) is 95.0 Å². The molecule has 1 aliphatic heterocycles. The maximum absolute atomic E-state index is 13.6. The molecule has 0 aliphatic carbocycles. The smallest absolute Gasteiger partial charge is 0.243 e. The highest BCUT2D eigenvalue weighted by Gasteiger charge is 2.26. The predicted molar refractivity (Wildman–Crippen MR) is 135 cm³/mol. The number of sulfonamides is 2. The fourth-order valence-corrected chi connectivity index (χ4v) is 6.45. The van der Waals surface area contributed by atoms with Gasteiger partial charge in [-0.15, -0.1) is 0 Å². The Morgan fingerprint density at radius 2 is 1.43 bits per heavy atom. The Bertz CT molecular complexity index is 1320. The zero-order chi connectivity index (χ0) is 24.9. The van der Waals surface area contributed by atoms with Crippen LogP contribution < -0.4 is 4.72 Å². The lowest BCUT2D eigenvalue weighted by molar-refractivity contribution is 0.114. The molecule has 0 aromatic heterocycles. The van der Waals surface area contributed by atoms with E-state index in [0.717, 1.165) is 24.0 Å². The summed E-state index contributed by atoms with van der Waals surface area (Å²) in [6.07, 6.45) is 1.59. The normalized spacial score (nSPS) is 16.6. The summed E-state index contributed by atoms with van der Waals surface area (Å²) < 4.78 is 61.9. The number of rotatable bonds is 10. The summed E-state index contributed by atoms with van der Waals surface area (Å²) >= 11 is 5.98. The van der Waals surface area contributed by atoms with Gasteiger partial charge in [-0.3, -0.25) is 0 Å². The first-order valence-corrected chi connectivity index (χ1v) is 14.5. The van der Waals surface area contributed by atoms with Gasteiger partial charge >= 0.3 is 0 Å². The first kappa shape index (κ1) is 25.8. The lowest BCUT2D eigenvalue weighted by Gasteiger charge is -2.23. The number of nitrogens with one attached hydrogen (secondary N) is 1. The average molecular weight is 535 g/mol. The van der Waals surface area contributed by atoms with Gasteiger partial charge in [0.1, 0.15) is 0 Å². The number of nitrogens with zero attached hydrogens (tertiary/aromatic N) is 1. The molecule has 0 unspecified atom stereocenters. The lowest BCUT2D eigenvalue weighted by atomic mass is 10.2. The standard InChI is InChI=1S/C25H27ClN2O5S2/c26-22-10-8-21(9-11-22)19-28(18-20-5-2-1-3-6-20)35(31,32)25-14-12-24(13-15-25)34(29,30)27-17-23-7-4-16-33-23/h1-3,5-6,8-15,23,27H,4,7,16-19H2/t23-/m1/s1. The maximum atomic E-state index is 13.6. The molecule has 3 aromatic carbocycles. The molecule has 0 bridgehead atoms. The minimum atomic E-state index is -3.93. The Morgan fingerprint density at radius 3 is 2.03 bits per heavy atom. The SMILES string of the molecule is O=S(=O)(NC[C@H]1CCCO1)c1ccc(S(=O)(=O)N(Cc2ccccc2)Cc2ccc(Cl)cc2)cc1. The third-order valence-corrected chi connectivity index (χ3v) is 9.27. The first-order chi connectivity index (χ1) is 16.7. The van der Waals surface area contributed by atoms with E-state index in [0.29, 0.717) is 11.6 Å². The molecule has 4 rings (SSSR count). The van der Waals surface area contributed by atoms with E-state index in [2.05, 4.69) is 4.72 Å². The van der Waals surface area contributed by atoms with Crippen LogP contribution in [-0.2, 0) is 37.9 Å². The van der Waals surface area contributed by atoms with Crippen LogP contribution in [0.4, 0.5) is 0 Å². The van der Waals surface area contributed by atoms with Crippen molar-refractivity contribution >= 4 is 31.6 Å². The molecule has 0 saturated carbocycles. The average Bonchev–Trinajstić information content (AvgIpc) is 3.38. The van der Waals surface area contributed by atoms with Crippen molar-refractivity contribution in [1.82, 2.24) is 9.03 Å². The number of hydrogen-bond acceptors (Lipinski definition) is 5. The Labute approximate surface area is 211 Å². The second-order valence-corrected chi connectivity index (χ2v) is 12.5. The molecule has 7 nitrogen and oxygen atoms in total. The summed E-state index contributed by atoms with van der Waals surface area (Å²) in [4.78, 5) is 0.0160. The van der Waals surface area contributed by atoms with Gasteiger partial charge in [-0.05, 0) is 60.4 Å². The number of ether oxygens (including phenoxy) is 1. The van der Waals surface area contributed by atoms with Crippen LogP contribution in [-0.4, -0.2) is 40.4 Å². The molecule has 0 radical (unpaired) electrons. The fraction of sp³-hybridized carbons (Fsp3) is 0.280. The molecule has 186 valence electrons. The Hall–Kier alpha value is -2.27. The van der Waals surface area contributed by atoms with Crippen molar-refractivity contribution in [3.63, 3.8) is 0 Å². The summed E-state index contributed by atoms with van der Waals surface area (Å²) in [7, 11) is -7.71. The van der Waals surface area contributed by atoms with Crippen molar-refractivity contribution in [2.24, 2.45) is 0 Å². The van der Waals surface area contributed by atoms with E-state index in [4.69, 9.17) is 16.3 Å². The summed E-state index contributed by atoms with van der Waals surface area (Å²) in [6, 6.07) is 21.6. The van der Waals surface area contributed by atoms with Crippen molar-refractivity contribution in [3.8, 4) is 0 Å². The highest BCUT2D eigenvalue weighted by atomic mass is 35.5. The van der Waals surface area contributed by atoms with Gasteiger partial charge in [0.2, 0.25) is 20.0 Å². The van der Waals surface area contributed by atoms with Crippen LogP contribution in [0.5, 0.6) is 0 Å². The molecular weight excluding hydrogens is 508 g/mol. The van der Waals surface area contributed by atoms with E-state index in [-0.39, 0.29) is 35.5 Å². The molecule has 0 spiro atoms. The summed E-state index contributed by atoms with van der Waals surface area (Å²) in [5, 5.41) is 0.566. The molecule has 1 atom stereocenters. The number of hydrogen-bond donors (Lipinski definition) is 1. The number of halogens is 1. The summed E-state index contributed by atoms with van der Waals surface area (Å²) in [5.74, 6) is 0. The molecule has 35 heavy (non-hydrogen) atoms. The van der Waals surface area contributed by atoms with Gasteiger partial charge in [-0.1, -0.05) is 54.1 Å². The molecule has 3 aromatic rings. The third kappa shape index (κ3) is 6.69. The maximum Gasteiger partial charge on any atom is 0.243 e. The highest BCUT2D eigenvalue weighted by Crippen LogP contribution is 2.23. The van der Waals surface area contributed by atoms with Crippen molar-refractivity contribution in [2.45, 2.75) is 41.8 Å². The Morgan fingerprint density at radius 1 is 0.829 bits per heavy atom. The van der Waals surface area contributed by atoms with Crippen LogP contribution in [0.25, 0.3) is 0 Å². The lowest BCUT2D eigenvalue weighted by Crippen LogP contribution is -2.32. The van der Waals surface area contributed by atoms with Crippen molar-refractivity contribution in [2.75, 3.05) is 13.2 Å². The zero-order valence-corrected chi connectivity index (χ0v) is 21.4. The van der Waals surface area contributed by atoms with Gasteiger partial charge in [-0.2, -0.15) is 4.31 Å². The van der Waals surface area contributed by atoms with E-state index >= 15 is 0 Å². The van der Waals surface area contributed by atoms with Gasteiger partial charge in [0.05, 0.1) is 15.9 Å². The first-order valence-electron chi connectivity index (χ1n) is 11.2. The molecular formula is C25H27ClN2O5S2. The van der Waals surface area contributed by atoms with E-state index in [1.54, 1.807) is 24.3 Å². The molecule has 1 saturated heterocycles. The second-order valence-electron chi connectivity index (χ2n) is 8.34. The van der Waals surface area contributed by atoms with Crippen LogP contribution in [0, 0.1) is 0 Å². The summed E-state index contributed by atoms with van der Waals surface area (Å²) in [6.45, 7) is 1.12. The minimum Gasteiger partial charge on any atom is -0.377 e. The van der Waals surface area contributed by atoms with Gasteiger partial charge in [0, 0.05) is 31.3 Å². The third-order valence-electron chi connectivity index (χ3n) is 5.77.